The molecule has 0 aliphatic carbocycles. The molecule has 2 heterocycles. The number of rotatable bonds is 5. The van der Waals surface area contributed by atoms with E-state index in [1.165, 1.54) is 12.0 Å². The van der Waals surface area contributed by atoms with Crippen LogP contribution in [0.25, 0.3) is 0 Å². The van der Waals surface area contributed by atoms with E-state index in [1.54, 1.807) is 14.0 Å². The van der Waals surface area contributed by atoms with Crippen LogP contribution in [-0.4, -0.2) is 48.2 Å². The van der Waals surface area contributed by atoms with Crippen LogP contribution in [0.1, 0.15) is 36.2 Å². The Labute approximate surface area is 165 Å². The number of benzene rings is 1. The lowest BCUT2D eigenvalue weighted by molar-refractivity contribution is 0.122. The normalized spacial score (nSPS) is 21.3. The van der Waals surface area contributed by atoms with Gasteiger partial charge in [-0.2, -0.15) is 4.98 Å². The highest BCUT2D eigenvalue weighted by molar-refractivity contribution is 6.30. The van der Waals surface area contributed by atoms with E-state index in [4.69, 9.17) is 16.1 Å². The van der Waals surface area contributed by atoms with Gasteiger partial charge in [0.1, 0.15) is 0 Å². The van der Waals surface area contributed by atoms with Crippen molar-refractivity contribution in [3.63, 3.8) is 0 Å². The van der Waals surface area contributed by atoms with Gasteiger partial charge in [0.2, 0.25) is 5.89 Å². The van der Waals surface area contributed by atoms with Gasteiger partial charge in [0, 0.05) is 31.6 Å². The highest BCUT2D eigenvalue weighted by Gasteiger charge is 2.30. The lowest BCUT2D eigenvalue weighted by atomic mass is 9.85. The average molecular weight is 391 g/mol. The van der Waals surface area contributed by atoms with Crippen LogP contribution in [0.3, 0.4) is 0 Å². The molecule has 1 aromatic heterocycles. The minimum Gasteiger partial charge on any atom is -0.356 e. The summed E-state index contributed by atoms with van der Waals surface area (Å²) in [6, 6.07) is 8.52. The van der Waals surface area contributed by atoms with Crippen molar-refractivity contribution in [2.75, 3.05) is 27.2 Å². The molecule has 1 fully saturated rings. The number of piperidine rings is 1. The Hall–Kier alpha value is -2.12. The third-order valence-electron chi connectivity index (χ3n) is 4.94. The number of likely N-dealkylation sites (tertiary alicyclic amines) is 1. The third-order valence-corrected chi connectivity index (χ3v) is 5.17. The van der Waals surface area contributed by atoms with Gasteiger partial charge < -0.3 is 15.2 Å². The molecule has 2 N–H and O–H groups in total. The molecule has 0 amide bonds. The molecule has 1 aromatic carbocycles. The molecule has 27 heavy (non-hydrogen) atoms. The number of nitrogens with zero attached hydrogens (tertiary/aromatic N) is 4. The lowest BCUT2D eigenvalue weighted by Gasteiger charge is -2.40. The van der Waals surface area contributed by atoms with E-state index in [1.807, 2.05) is 12.1 Å². The third kappa shape index (κ3) is 5.20. The summed E-state index contributed by atoms with van der Waals surface area (Å²) in [4.78, 5) is 10.9. The number of nitrogens with one attached hydrogen (secondary N) is 2. The van der Waals surface area contributed by atoms with E-state index in [-0.39, 0.29) is 0 Å². The van der Waals surface area contributed by atoms with E-state index in [9.17, 15) is 0 Å². The average Bonchev–Trinajstić information content (AvgIpc) is 3.07. The molecule has 2 aromatic rings. The first-order valence-corrected chi connectivity index (χ1v) is 9.64. The zero-order valence-electron chi connectivity index (χ0n) is 16.1. The maximum absolute atomic E-state index is 6.23. The van der Waals surface area contributed by atoms with Crippen molar-refractivity contribution in [1.29, 1.82) is 0 Å². The zero-order valence-corrected chi connectivity index (χ0v) is 16.8. The minimum absolute atomic E-state index is 0.336. The molecule has 0 bridgehead atoms. The highest BCUT2D eigenvalue weighted by atomic mass is 35.5. The SMILES string of the molecule is CN=C(NCc1noc(C)n1)NCC1CCCN(C)C1c1cccc(Cl)c1. The lowest BCUT2D eigenvalue weighted by Crippen LogP contribution is -2.45. The fraction of sp³-hybridized carbons (Fsp3) is 0.526. The van der Waals surface area contributed by atoms with Gasteiger partial charge >= 0.3 is 0 Å². The van der Waals surface area contributed by atoms with Crippen molar-refractivity contribution >= 4 is 17.6 Å². The van der Waals surface area contributed by atoms with E-state index in [0.29, 0.717) is 30.2 Å². The van der Waals surface area contributed by atoms with E-state index in [2.05, 4.69) is 49.8 Å². The second kappa shape index (κ2) is 9.19. The van der Waals surface area contributed by atoms with Crippen LogP contribution in [-0.2, 0) is 6.54 Å². The summed E-state index contributed by atoms with van der Waals surface area (Å²) in [5.74, 6) is 2.37. The van der Waals surface area contributed by atoms with Crippen molar-refractivity contribution in [2.24, 2.45) is 10.9 Å². The van der Waals surface area contributed by atoms with Crippen LogP contribution in [0, 0.1) is 12.8 Å². The standard InChI is InChI=1S/C19H27ClN6O/c1-13-24-17(25-27-13)12-23-19(21-2)22-11-15-7-5-9-26(3)18(15)14-6-4-8-16(20)10-14/h4,6,8,10,15,18H,5,7,9,11-12H2,1-3H3,(H2,21,22,23). The second-order valence-electron chi connectivity index (χ2n) is 6.92. The molecule has 2 unspecified atom stereocenters. The monoisotopic (exact) mass is 390 g/mol. The number of aryl methyl sites for hydroxylation is 1. The Balaban J connectivity index is 1.61. The number of halogens is 1. The van der Waals surface area contributed by atoms with Gasteiger partial charge in [0.15, 0.2) is 11.8 Å². The van der Waals surface area contributed by atoms with Gasteiger partial charge in [-0.25, -0.2) is 0 Å². The Morgan fingerprint density at radius 3 is 2.96 bits per heavy atom. The van der Waals surface area contributed by atoms with Crippen LogP contribution in [0.5, 0.6) is 0 Å². The highest BCUT2D eigenvalue weighted by Crippen LogP contribution is 2.35. The molecular weight excluding hydrogens is 364 g/mol. The van der Waals surface area contributed by atoms with E-state index >= 15 is 0 Å². The van der Waals surface area contributed by atoms with Crippen molar-refractivity contribution in [1.82, 2.24) is 25.7 Å². The second-order valence-corrected chi connectivity index (χ2v) is 7.36. The maximum Gasteiger partial charge on any atom is 0.223 e. The molecule has 3 rings (SSSR count). The van der Waals surface area contributed by atoms with Crippen molar-refractivity contribution in [2.45, 2.75) is 32.4 Å². The molecule has 2 atom stereocenters. The first-order valence-electron chi connectivity index (χ1n) is 9.26. The Morgan fingerprint density at radius 2 is 2.26 bits per heavy atom. The summed E-state index contributed by atoms with van der Waals surface area (Å²) in [6.45, 7) is 4.17. The number of hydrogen-bond donors (Lipinski definition) is 2. The summed E-state index contributed by atoms with van der Waals surface area (Å²) >= 11 is 6.23. The largest absolute Gasteiger partial charge is 0.356 e. The van der Waals surface area contributed by atoms with Crippen molar-refractivity contribution in [3.05, 3.63) is 46.6 Å². The van der Waals surface area contributed by atoms with Gasteiger partial charge in [0.05, 0.1) is 6.54 Å². The molecule has 1 saturated heterocycles. The molecule has 146 valence electrons. The zero-order chi connectivity index (χ0) is 19.2. The first-order chi connectivity index (χ1) is 13.1. The molecule has 0 radical (unpaired) electrons. The van der Waals surface area contributed by atoms with Crippen LogP contribution in [0.4, 0.5) is 0 Å². The fourth-order valence-corrected chi connectivity index (χ4v) is 3.91. The van der Waals surface area contributed by atoms with Crippen LogP contribution < -0.4 is 10.6 Å². The Bertz CT molecular complexity index is 777. The predicted molar refractivity (Wildman–Crippen MR) is 107 cm³/mol. The molecular formula is C19H27ClN6O. The van der Waals surface area contributed by atoms with Gasteiger partial charge in [-0.15, -0.1) is 0 Å². The van der Waals surface area contributed by atoms with Gasteiger partial charge in [-0.05, 0) is 50.0 Å². The van der Waals surface area contributed by atoms with Gasteiger partial charge in [-0.3, -0.25) is 9.89 Å². The fourth-order valence-electron chi connectivity index (χ4n) is 3.71. The molecule has 1 aliphatic rings. The quantitative estimate of drug-likeness (QED) is 0.603. The topological polar surface area (TPSA) is 78.6 Å². The summed E-state index contributed by atoms with van der Waals surface area (Å²) in [5.41, 5.74) is 1.27. The molecule has 0 saturated carbocycles. The smallest absolute Gasteiger partial charge is 0.223 e. The number of aliphatic imine (C=N–C) groups is 1. The maximum atomic E-state index is 6.23. The van der Waals surface area contributed by atoms with Gasteiger partial charge in [-0.1, -0.05) is 28.9 Å². The molecule has 7 nitrogen and oxygen atoms in total. The summed E-state index contributed by atoms with van der Waals surface area (Å²) in [5, 5.41) is 11.4. The summed E-state index contributed by atoms with van der Waals surface area (Å²) in [6.07, 6.45) is 2.35. The van der Waals surface area contributed by atoms with Crippen LogP contribution in [0.2, 0.25) is 5.02 Å². The molecule has 8 heteroatoms. The minimum atomic E-state index is 0.336. The summed E-state index contributed by atoms with van der Waals surface area (Å²) < 4.78 is 4.99. The van der Waals surface area contributed by atoms with Crippen LogP contribution >= 0.6 is 11.6 Å². The van der Waals surface area contributed by atoms with E-state index < -0.39 is 0 Å². The number of hydrogen-bond acceptors (Lipinski definition) is 5. The number of aromatic nitrogens is 2. The molecule has 1 aliphatic heterocycles. The van der Waals surface area contributed by atoms with Crippen molar-refractivity contribution < 1.29 is 4.52 Å². The van der Waals surface area contributed by atoms with Gasteiger partial charge in [0.25, 0.3) is 0 Å². The summed E-state index contributed by atoms with van der Waals surface area (Å²) in [7, 11) is 3.95. The Kier molecular flexibility index (Phi) is 6.68. The predicted octanol–water partition coefficient (Wildman–Crippen LogP) is 2.78. The van der Waals surface area contributed by atoms with E-state index in [0.717, 1.165) is 30.5 Å². The van der Waals surface area contributed by atoms with Crippen LogP contribution in [0.15, 0.2) is 33.8 Å². The van der Waals surface area contributed by atoms with Crippen molar-refractivity contribution in [3.8, 4) is 0 Å². The molecule has 0 spiro atoms. The number of guanidine groups is 1. The first kappa shape index (κ1) is 19.6. The Morgan fingerprint density at radius 1 is 1.41 bits per heavy atom.